The maximum Gasteiger partial charge on any atom is 0.250 e. The zero-order valence-corrected chi connectivity index (χ0v) is 13.2. The van der Waals surface area contributed by atoms with Gasteiger partial charge in [0.2, 0.25) is 10.0 Å². The Labute approximate surface area is 132 Å². The van der Waals surface area contributed by atoms with Gasteiger partial charge in [0.05, 0.1) is 0 Å². The van der Waals surface area contributed by atoms with E-state index in [1.807, 2.05) is 24.3 Å². The second-order valence-corrected chi connectivity index (χ2v) is 7.76. The number of thiophene rings is 1. The van der Waals surface area contributed by atoms with Crippen molar-refractivity contribution >= 4 is 32.3 Å². The van der Waals surface area contributed by atoms with E-state index in [2.05, 4.69) is 4.72 Å². The molecule has 0 aliphatic rings. The summed E-state index contributed by atoms with van der Waals surface area (Å²) in [4.78, 5) is 0. The van der Waals surface area contributed by atoms with Crippen LogP contribution < -0.4 is 4.72 Å². The van der Waals surface area contributed by atoms with Gasteiger partial charge in [-0.05, 0) is 30.0 Å². The van der Waals surface area contributed by atoms with Crippen LogP contribution in [0.25, 0.3) is 11.0 Å². The largest absolute Gasteiger partial charge is 0.458 e. The molecule has 3 rings (SSSR count). The monoisotopic (exact) mass is 337 g/mol. The zero-order valence-electron chi connectivity index (χ0n) is 11.6. The van der Waals surface area contributed by atoms with Gasteiger partial charge in [-0.15, -0.1) is 11.3 Å². The first-order valence-corrected chi connectivity index (χ1v) is 9.12. The Kier molecular flexibility index (Phi) is 4.30. The quantitative estimate of drug-likeness (QED) is 0.725. The lowest BCUT2D eigenvalue weighted by atomic mass is 10.2. The molecule has 3 aromatic rings. The van der Waals surface area contributed by atoms with Crippen molar-refractivity contribution in [3.63, 3.8) is 0 Å². The van der Waals surface area contributed by atoms with Gasteiger partial charge >= 0.3 is 0 Å². The summed E-state index contributed by atoms with van der Waals surface area (Å²) in [6.45, 7) is 0.137. The molecule has 2 N–H and O–H groups in total. The van der Waals surface area contributed by atoms with Gasteiger partial charge in [0, 0.05) is 11.9 Å². The van der Waals surface area contributed by atoms with Gasteiger partial charge in [0.1, 0.15) is 21.7 Å². The molecular formula is C15H15NO4S2. The van der Waals surface area contributed by atoms with Gasteiger partial charge in [-0.3, -0.25) is 0 Å². The molecule has 0 amide bonds. The van der Waals surface area contributed by atoms with Crippen LogP contribution in [0.3, 0.4) is 0 Å². The lowest BCUT2D eigenvalue weighted by molar-refractivity contribution is 0.144. The van der Waals surface area contributed by atoms with Crippen LogP contribution in [0.1, 0.15) is 18.3 Å². The number of benzene rings is 1. The number of aliphatic hydroxyl groups is 1. The average Bonchev–Trinajstić information content (AvgIpc) is 3.16. The van der Waals surface area contributed by atoms with E-state index in [9.17, 15) is 13.5 Å². The summed E-state index contributed by atoms with van der Waals surface area (Å²) >= 11 is 1.16. The second-order valence-electron chi connectivity index (χ2n) is 4.82. The molecule has 116 valence electrons. The van der Waals surface area contributed by atoms with E-state index >= 15 is 0 Å². The number of fused-ring (bicyclic) bond motifs is 1. The number of hydrogen-bond donors (Lipinski definition) is 2. The van der Waals surface area contributed by atoms with E-state index in [1.54, 1.807) is 23.6 Å². The number of sulfonamides is 1. The van der Waals surface area contributed by atoms with E-state index in [-0.39, 0.29) is 17.2 Å². The van der Waals surface area contributed by atoms with Gasteiger partial charge in [0.15, 0.2) is 0 Å². The molecule has 0 radical (unpaired) electrons. The van der Waals surface area contributed by atoms with Crippen molar-refractivity contribution in [1.82, 2.24) is 4.72 Å². The molecular weight excluding hydrogens is 322 g/mol. The SMILES string of the molecule is O=S(=O)(NCCC(O)c1cc2ccccc2o1)c1cccs1. The van der Waals surface area contributed by atoms with Crippen molar-refractivity contribution in [2.24, 2.45) is 0 Å². The van der Waals surface area contributed by atoms with Gasteiger partial charge in [-0.1, -0.05) is 24.3 Å². The van der Waals surface area contributed by atoms with Crippen molar-refractivity contribution in [1.29, 1.82) is 0 Å². The Morgan fingerprint density at radius 2 is 2.05 bits per heavy atom. The standard InChI is InChI=1S/C15H15NO4S2/c17-12(14-10-11-4-1-2-5-13(11)20-14)7-8-16-22(18,19)15-6-3-9-21-15/h1-6,9-10,12,16-17H,7-8H2. The first-order valence-electron chi connectivity index (χ1n) is 6.76. The molecule has 0 aliphatic heterocycles. The minimum atomic E-state index is -3.49. The summed E-state index contributed by atoms with van der Waals surface area (Å²) in [5.74, 6) is 0.441. The van der Waals surface area contributed by atoms with E-state index < -0.39 is 16.1 Å². The zero-order chi connectivity index (χ0) is 15.6. The van der Waals surface area contributed by atoms with Crippen molar-refractivity contribution in [3.05, 3.63) is 53.6 Å². The fraction of sp³-hybridized carbons (Fsp3) is 0.200. The van der Waals surface area contributed by atoms with E-state index in [1.165, 1.54) is 0 Å². The summed E-state index contributed by atoms with van der Waals surface area (Å²) in [6.07, 6.45) is -0.608. The van der Waals surface area contributed by atoms with Gasteiger partial charge in [-0.25, -0.2) is 13.1 Å². The molecule has 2 heterocycles. The molecule has 1 atom stereocenters. The lowest BCUT2D eigenvalue weighted by Gasteiger charge is -2.08. The molecule has 0 bridgehead atoms. The molecule has 0 spiro atoms. The number of hydrogen-bond acceptors (Lipinski definition) is 5. The Morgan fingerprint density at radius 3 is 2.77 bits per heavy atom. The third-order valence-corrected chi connectivity index (χ3v) is 6.10. The molecule has 0 saturated carbocycles. The number of aliphatic hydroxyl groups excluding tert-OH is 1. The smallest absolute Gasteiger partial charge is 0.250 e. The topological polar surface area (TPSA) is 79.5 Å². The fourth-order valence-corrected chi connectivity index (χ4v) is 4.21. The number of furan rings is 1. The first kappa shape index (κ1) is 15.2. The predicted molar refractivity (Wildman–Crippen MR) is 85.3 cm³/mol. The van der Waals surface area contributed by atoms with Crippen LogP contribution >= 0.6 is 11.3 Å². The van der Waals surface area contributed by atoms with Gasteiger partial charge in [0.25, 0.3) is 0 Å². The minimum Gasteiger partial charge on any atom is -0.458 e. The highest BCUT2D eigenvalue weighted by molar-refractivity contribution is 7.91. The Morgan fingerprint density at radius 1 is 1.23 bits per heavy atom. The molecule has 1 aromatic carbocycles. The Bertz CT molecular complexity index is 820. The molecule has 0 saturated heterocycles. The highest BCUT2D eigenvalue weighted by Crippen LogP contribution is 2.25. The molecule has 5 nitrogen and oxygen atoms in total. The summed E-state index contributed by atoms with van der Waals surface area (Å²) < 4.78 is 32.2. The Hall–Kier alpha value is -1.67. The molecule has 0 fully saturated rings. The summed E-state index contributed by atoms with van der Waals surface area (Å²) in [5, 5.41) is 12.7. The van der Waals surface area contributed by atoms with E-state index in [0.717, 1.165) is 16.7 Å². The third-order valence-electron chi connectivity index (χ3n) is 3.24. The third kappa shape index (κ3) is 3.22. The van der Waals surface area contributed by atoms with Crippen LogP contribution in [0.15, 0.2) is 56.5 Å². The minimum absolute atomic E-state index is 0.137. The van der Waals surface area contributed by atoms with Crippen LogP contribution in [0, 0.1) is 0 Å². The van der Waals surface area contributed by atoms with Crippen molar-refractivity contribution < 1.29 is 17.9 Å². The van der Waals surface area contributed by atoms with Crippen LogP contribution in [0.5, 0.6) is 0 Å². The maximum absolute atomic E-state index is 11.9. The van der Waals surface area contributed by atoms with Crippen LogP contribution in [-0.2, 0) is 10.0 Å². The van der Waals surface area contributed by atoms with Crippen LogP contribution in [0.4, 0.5) is 0 Å². The van der Waals surface area contributed by atoms with E-state index in [0.29, 0.717) is 11.3 Å². The number of rotatable bonds is 6. The first-order chi connectivity index (χ1) is 10.6. The summed E-state index contributed by atoms with van der Waals surface area (Å²) in [6, 6.07) is 12.5. The predicted octanol–water partition coefficient (Wildman–Crippen LogP) is 2.90. The van der Waals surface area contributed by atoms with Gasteiger partial charge < -0.3 is 9.52 Å². The summed E-state index contributed by atoms with van der Waals surface area (Å²) in [7, 11) is -3.49. The van der Waals surface area contributed by atoms with E-state index in [4.69, 9.17) is 4.42 Å². The molecule has 0 aliphatic carbocycles. The van der Waals surface area contributed by atoms with Crippen LogP contribution in [-0.4, -0.2) is 20.1 Å². The molecule has 22 heavy (non-hydrogen) atoms. The van der Waals surface area contributed by atoms with Gasteiger partial charge in [-0.2, -0.15) is 0 Å². The molecule has 2 aromatic heterocycles. The number of para-hydroxylation sites is 1. The summed E-state index contributed by atoms with van der Waals surface area (Å²) in [5.41, 5.74) is 0.704. The number of nitrogens with one attached hydrogen (secondary N) is 1. The lowest BCUT2D eigenvalue weighted by Crippen LogP contribution is -2.25. The molecule has 1 unspecified atom stereocenters. The highest BCUT2D eigenvalue weighted by atomic mass is 32.2. The highest BCUT2D eigenvalue weighted by Gasteiger charge is 2.17. The van der Waals surface area contributed by atoms with Crippen molar-refractivity contribution in [2.45, 2.75) is 16.7 Å². The average molecular weight is 337 g/mol. The fourth-order valence-electron chi connectivity index (χ4n) is 2.13. The normalized spacial score (nSPS) is 13.5. The van der Waals surface area contributed by atoms with Crippen LogP contribution in [0.2, 0.25) is 0 Å². The molecule has 7 heteroatoms. The Balaban J connectivity index is 1.61. The van der Waals surface area contributed by atoms with Crippen molar-refractivity contribution in [3.8, 4) is 0 Å². The second kappa shape index (κ2) is 6.21. The maximum atomic E-state index is 11.9. The van der Waals surface area contributed by atoms with Crippen molar-refractivity contribution in [2.75, 3.05) is 6.54 Å².